The van der Waals surface area contributed by atoms with Crippen LogP contribution in [0.2, 0.25) is 0 Å². The molecule has 0 radical (unpaired) electrons. The summed E-state index contributed by atoms with van der Waals surface area (Å²) in [5.74, 6) is -0.686. The molecule has 7 heteroatoms. The summed E-state index contributed by atoms with van der Waals surface area (Å²) >= 11 is 0. The Morgan fingerprint density at radius 3 is 2.60 bits per heavy atom. The van der Waals surface area contributed by atoms with Crippen molar-refractivity contribution in [3.8, 4) is 11.5 Å². The number of hydrogen-bond donors (Lipinski definition) is 1. The molecule has 3 rings (SSSR count). The predicted octanol–water partition coefficient (Wildman–Crippen LogP) is 1.46. The lowest BCUT2D eigenvalue weighted by Gasteiger charge is -2.07. The molecule has 2 heterocycles. The Kier molecular flexibility index (Phi) is 2.79. The predicted molar refractivity (Wildman–Crippen MR) is 70.2 cm³/mol. The number of hydrogen-bond acceptors (Lipinski definition) is 4. The van der Waals surface area contributed by atoms with Crippen LogP contribution in [0.15, 0.2) is 43.0 Å². The standard InChI is InChI=1S/C13H11N5O2/c1-9-11(13(19)20)12(17-8-14-7-15-17)18(16-9)10-5-3-2-4-6-10/h2-8H,1H3,(H,19,20). The molecule has 1 aromatic carbocycles. The zero-order valence-electron chi connectivity index (χ0n) is 10.6. The van der Waals surface area contributed by atoms with Crippen molar-refractivity contribution in [1.29, 1.82) is 0 Å². The van der Waals surface area contributed by atoms with E-state index in [2.05, 4.69) is 15.2 Å². The summed E-state index contributed by atoms with van der Waals surface area (Å²) in [6.45, 7) is 1.66. The van der Waals surface area contributed by atoms with E-state index in [1.165, 1.54) is 17.3 Å². The van der Waals surface area contributed by atoms with E-state index >= 15 is 0 Å². The fourth-order valence-electron chi connectivity index (χ4n) is 2.04. The molecule has 0 atom stereocenters. The Balaban J connectivity index is 2.31. The fraction of sp³-hybridized carbons (Fsp3) is 0.0769. The van der Waals surface area contributed by atoms with Gasteiger partial charge >= 0.3 is 5.97 Å². The Bertz CT molecular complexity index is 747. The molecule has 100 valence electrons. The minimum absolute atomic E-state index is 0.111. The molecule has 20 heavy (non-hydrogen) atoms. The van der Waals surface area contributed by atoms with Gasteiger partial charge in [0.25, 0.3) is 0 Å². The number of carboxylic acid groups (broad SMARTS) is 1. The molecule has 3 aromatic rings. The van der Waals surface area contributed by atoms with Crippen LogP contribution in [-0.2, 0) is 0 Å². The monoisotopic (exact) mass is 269 g/mol. The van der Waals surface area contributed by atoms with Gasteiger partial charge < -0.3 is 5.11 Å². The Morgan fingerprint density at radius 1 is 1.25 bits per heavy atom. The Hall–Kier alpha value is -2.96. The van der Waals surface area contributed by atoms with Crippen molar-refractivity contribution in [2.75, 3.05) is 0 Å². The van der Waals surface area contributed by atoms with E-state index in [9.17, 15) is 9.90 Å². The molecule has 0 unspecified atom stereocenters. The van der Waals surface area contributed by atoms with Crippen molar-refractivity contribution in [3.63, 3.8) is 0 Å². The van der Waals surface area contributed by atoms with Gasteiger partial charge in [-0.2, -0.15) is 10.2 Å². The van der Waals surface area contributed by atoms with Gasteiger partial charge in [-0.25, -0.2) is 19.1 Å². The third kappa shape index (κ3) is 1.85. The second kappa shape index (κ2) is 4.61. The van der Waals surface area contributed by atoms with Crippen molar-refractivity contribution < 1.29 is 9.90 Å². The van der Waals surface area contributed by atoms with Crippen LogP contribution in [0.25, 0.3) is 11.5 Å². The van der Waals surface area contributed by atoms with Crippen molar-refractivity contribution in [1.82, 2.24) is 24.5 Å². The molecule has 0 amide bonds. The number of benzene rings is 1. The maximum atomic E-state index is 11.5. The van der Waals surface area contributed by atoms with Gasteiger partial charge in [0.05, 0.1) is 11.4 Å². The first kappa shape index (κ1) is 12.1. The van der Waals surface area contributed by atoms with Gasteiger partial charge in [0.15, 0.2) is 5.82 Å². The van der Waals surface area contributed by atoms with E-state index in [1.54, 1.807) is 11.6 Å². The first-order valence-corrected chi connectivity index (χ1v) is 5.92. The summed E-state index contributed by atoms with van der Waals surface area (Å²) in [7, 11) is 0. The van der Waals surface area contributed by atoms with Crippen LogP contribution < -0.4 is 0 Å². The molecule has 0 saturated carbocycles. The third-order valence-electron chi connectivity index (χ3n) is 2.89. The van der Waals surface area contributed by atoms with Crippen LogP contribution in [0.4, 0.5) is 0 Å². The van der Waals surface area contributed by atoms with E-state index in [0.29, 0.717) is 11.5 Å². The van der Waals surface area contributed by atoms with Gasteiger partial charge in [-0.1, -0.05) is 18.2 Å². The quantitative estimate of drug-likeness (QED) is 0.778. The third-order valence-corrected chi connectivity index (χ3v) is 2.89. The summed E-state index contributed by atoms with van der Waals surface area (Å²) in [4.78, 5) is 15.3. The molecule has 0 bridgehead atoms. The molecule has 1 N–H and O–H groups in total. The van der Waals surface area contributed by atoms with Crippen LogP contribution in [0, 0.1) is 6.92 Å². The largest absolute Gasteiger partial charge is 0.477 e. The number of aromatic nitrogens is 5. The lowest BCUT2D eigenvalue weighted by molar-refractivity contribution is 0.0696. The maximum Gasteiger partial charge on any atom is 0.341 e. The van der Waals surface area contributed by atoms with Crippen LogP contribution in [0.1, 0.15) is 16.1 Å². The highest BCUT2D eigenvalue weighted by atomic mass is 16.4. The highest BCUT2D eigenvalue weighted by molar-refractivity contribution is 5.92. The van der Waals surface area contributed by atoms with Gasteiger partial charge in [-0.05, 0) is 19.1 Å². The number of carboxylic acids is 1. The number of para-hydroxylation sites is 1. The summed E-state index contributed by atoms with van der Waals surface area (Å²) in [5.41, 5.74) is 1.29. The van der Waals surface area contributed by atoms with Gasteiger partial charge in [0.1, 0.15) is 18.2 Å². The van der Waals surface area contributed by atoms with E-state index in [1.807, 2.05) is 30.3 Å². The van der Waals surface area contributed by atoms with Crippen molar-refractivity contribution in [3.05, 3.63) is 54.2 Å². The first-order chi connectivity index (χ1) is 9.68. The number of nitrogens with zero attached hydrogens (tertiary/aromatic N) is 5. The maximum absolute atomic E-state index is 11.5. The Morgan fingerprint density at radius 2 is 2.00 bits per heavy atom. The summed E-state index contributed by atoms with van der Waals surface area (Å²) in [5, 5.41) is 17.7. The van der Waals surface area contributed by atoms with Crippen molar-refractivity contribution in [2.24, 2.45) is 0 Å². The van der Waals surface area contributed by atoms with Gasteiger partial charge in [-0.15, -0.1) is 0 Å². The van der Waals surface area contributed by atoms with Crippen LogP contribution >= 0.6 is 0 Å². The summed E-state index contributed by atoms with van der Waals surface area (Å²) in [6.07, 6.45) is 2.80. The molecule has 7 nitrogen and oxygen atoms in total. The normalized spacial score (nSPS) is 10.7. The fourth-order valence-corrected chi connectivity index (χ4v) is 2.04. The summed E-state index contributed by atoms with van der Waals surface area (Å²) < 4.78 is 2.95. The molecule has 0 aliphatic heterocycles. The lowest BCUT2D eigenvalue weighted by Crippen LogP contribution is -2.10. The zero-order chi connectivity index (χ0) is 14.1. The average Bonchev–Trinajstić information content (AvgIpc) is 3.06. The molecule has 0 fully saturated rings. The van der Waals surface area contributed by atoms with Gasteiger partial charge in [0.2, 0.25) is 0 Å². The highest BCUT2D eigenvalue weighted by Crippen LogP contribution is 2.21. The van der Waals surface area contributed by atoms with Gasteiger partial charge in [0, 0.05) is 0 Å². The highest BCUT2D eigenvalue weighted by Gasteiger charge is 2.23. The Labute approximate surface area is 114 Å². The van der Waals surface area contributed by atoms with E-state index in [0.717, 1.165) is 5.69 Å². The smallest absolute Gasteiger partial charge is 0.341 e. The lowest BCUT2D eigenvalue weighted by atomic mass is 10.2. The number of aromatic carboxylic acids is 1. The van der Waals surface area contributed by atoms with Gasteiger partial charge in [-0.3, -0.25) is 0 Å². The SMILES string of the molecule is Cc1nn(-c2ccccc2)c(-n2cncn2)c1C(=O)O. The minimum Gasteiger partial charge on any atom is -0.477 e. The minimum atomic E-state index is -1.05. The van der Waals surface area contributed by atoms with Crippen molar-refractivity contribution >= 4 is 5.97 Å². The zero-order valence-corrected chi connectivity index (χ0v) is 10.6. The van der Waals surface area contributed by atoms with E-state index in [-0.39, 0.29) is 5.56 Å². The van der Waals surface area contributed by atoms with Crippen LogP contribution in [0.5, 0.6) is 0 Å². The van der Waals surface area contributed by atoms with Crippen molar-refractivity contribution in [2.45, 2.75) is 6.92 Å². The molecular weight excluding hydrogens is 258 g/mol. The summed E-state index contributed by atoms with van der Waals surface area (Å²) in [6, 6.07) is 9.29. The number of aryl methyl sites for hydroxylation is 1. The average molecular weight is 269 g/mol. The van der Waals surface area contributed by atoms with Crippen LogP contribution in [-0.4, -0.2) is 35.6 Å². The second-order valence-electron chi connectivity index (χ2n) is 4.18. The number of carbonyl (C=O) groups is 1. The molecule has 0 spiro atoms. The molecular formula is C13H11N5O2. The second-order valence-corrected chi connectivity index (χ2v) is 4.18. The van der Waals surface area contributed by atoms with E-state index < -0.39 is 5.97 Å². The molecule has 0 saturated heterocycles. The molecule has 0 aliphatic carbocycles. The number of rotatable bonds is 3. The van der Waals surface area contributed by atoms with E-state index in [4.69, 9.17) is 0 Å². The topological polar surface area (TPSA) is 85.8 Å². The molecule has 0 aliphatic rings. The van der Waals surface area contributed by atoms with Crippen LogP contribution in [0.3, 0.4) is 0 Å². The molecule has 2 aromatic heterocycles. The first-order valence-electron chi connectivity index (χ1n) is 5.92.